The number of nitrogens with zero attached hydrogens (tertiary/aromatic N) is 2. The number of rotatable bonds is 3. The Morgan fingerprint density at radius 1 is 1.16 bits per heavy atom. The number of hydrogen-bond donors (Lipinski definition) is 1. The van der Waals surface area contributed by atoms with Gasteiger partial charge in [-0.2, -0.15) is 5.10 Å². The van der Waals surface area contributed by atoms with Crippen molar-refractivity contribution in [2.45, 2.75) is 27.3 Å². The lowest BCUT2D eigenvalue weighted by Gasteiger charge is -2.13. The minimum atomic E-state index is 0.466. The minimum Gasteiger partial charge on any atom is -0.496 e. The third kappa shape index (κ3) is 2.12. The summed E-state index contributed by atoms with van der Waals surface area (Å²) in [5, 5.41) is 4.48. The maximum absolute atomic E-state index is 5.73. The molecule has 0 spiro atoms. The van der Waals surface area contributed by atoms with E-state index in [-0.39, 0.29) is 0 Å². The number of aryl methyl sites for hydroxylation is 1. The minimum absolute atomic E-state index is 0.466. The van der Waals surface area contributed by atoms with E-state index in [9.17, 15) is 0 Å². The van der Waals surface area contributed by atoms with Crippen molar-refractivity contribution in [3.63, 3.8) is 0 Å². The summed E-state index contributed by atoms with van der Waals surface area (Å²) < 4.78 is 7.27. The van der Waals surface area contributed by atoms with Gasteiger partial charge in [-0.05, 0) is 49.6 Å². The fourth-order valence-electron chi connectivity index (χ4n) is 2.53. The molecule has 0 saturated heterocycles. The highest BCUT2D eigenvalue weighted by Gasteiger charge is 2.16. The van der Waals surface area contributed by atoms with Crippen molar-refractivity contribution in [3.8, 4) is 17.0 Å². The maximum atomic E-state index is 5.73. The SMILES string of the molecule is COc1ccc(-c2c(C)c(CN)nn2C)c(C)c1C. The third-order valence-electron chi connectivity index (χ3n) is 3.79. The van der Waals surface area contributed by atoms with Crippen LogP contribution < -0.4 is 10.5 Å². The fourth-order valence-corrected chi connectivity index (χ4v) is 2.53. The van der Waals surface area contributed by atoms with Crippen LogP contribution in [-0.4, -0.2) is 16.9 Å². The summed E-state index contributed by atoms with van der Waals surface area (Å²) in [4.78, 5) is 0. The molecule has 0 aliphatic rings. The van der Waals surface area contributed by atoms with Gasteiger partial charge in [0.15, 0.2) is 0 Å². The Morgan fingerprint density at radius 3 is 2.37 bits per heavy atom. The zero-order valence-corrected chi connectivity index (χ0v) is 12.2. The number of aromatic nitrogens is 2. The molecule has 0 aliphatic heterocycles. The summed E-state index contributed by atoms with van der Waals surface area (Å²) in [6.45, 7) is 6.73. The molecule has 1 aromatic carbocycles. The summed E-state index contributed by atoms with van der Waals surface area (Å²) in [6, 6.07) is 4.09. The zero-order valence-electron chi connectivity index (χ0n) is 12.2. The van der Waals surface area contributed by atoms with Gasteiger partial charge in [0.25, 0.3) is 0 Å². The summed E-state index contributed by atoms with van der Waals surface area (Å²) in [5.74, 6) is 0.917. The molecule has 19 heavy (non-hydrogen) atoms. The normalized spacial score (nSPS) is 10.8. The highest BCUT2D eigenvalue weighted by molar-refractivity contribution is 5.70. The maximum Gasteiger partial charge on any atom is 0.122 e. The van der Waals surface area contributed by atoms with Gasteiger partial charge >= 0.3 is 0 Å². The molecule has 0 bridgehead atoms. The molecule has 4 heteroatoms. The fraction of sp³-hybridized carbons (Fsp3) is 0.400. The topological polar surface area (TPSA) is 53.1 Å². The Hall–Kier alpha value is -1.81. The van der Waals surface area contributed by atoms with Crippen LogP contribution in [0.4, 0.5) is 0 Å². The smallest absolute Gasteiger partial charge is 0.122 e. The second-order valence-electron chi connectivity index (χ2n) is 4.81. The van der Waals surface area contributed by atoms with E-state index in [2.05, 4.69) is 31.9 Å². The zero-order chi connectivity index (χ0) is 14.2. The predicted molar refractivity (Wildman–Crippen MR) is 77.3 cm³/mol. The number of nitrogens with two attached hydrogens (primary N) is 1. The van der Waals surface area contributed by atoms with Crippen molar-refractivity contribution in [1.82, 2.24) is 9.78 Å². The van der Waals surface area contributed by atoms with E-state index in [1.54, 1.807) is 7.11 Å². The summed E-state index contributed by atoms with van der Waals surface area (Å²) >= 11 is 0. The molecular weight excluding hydrogens is 238 g/mol. The molecule has 102 valence electrons. The monoisotopic (exact) mass is 259 g/mol. The van der Waals surface area contributed by atoms with Gasteiger partial charge in [-0.3, -0.25) is 4.68 Å². The van der Waals surface area contributed by atoms with Crippen LogP contribution in [0.3, 0.4) is 0 Å². The molecule has 2 N–H and O–H groups in total. The first-order valence-electron chi connectivity index (χ1n) is 6.38. The highest BCUT2D eigenvalue weighted by atomic mass is 16.5. The Kier molecular flexibility index (Phi) is 3.62. The second kappa shape index (κ2) is 5.05. The van der Waals surface area contributed by atoms with Gasteiger partial charge in [0.2, 0.25) is 0 Å². The lowest BCUT2D eigenvalue weighted by molar-refractivity contribution is 0.411. The first-order chi connectivity index (χ1) is 9.01. The molecule has 1 heterocycles. The average molecular weight is 259 g/mol. The molecule has 0 amide bonds. The molecule has 0 unspecified atom stereocenters. The van der Waals surface area contributed by atoms with Crippen LogP contribution in [0.5, 0.6) is 5.75 Å². The van der Waals surface area contributed by atoms with E-state index in [1.807, 2.05) is 17.8 Å². The quantitative estimate of drug-likeness (QED) is 0.921. The van der Waals surface area contributed by atoms with Crippen molar-refractivity contribution in [2.24, 2.45) is 12.8 Å². The van der Waals surface area contributed by atoms with Crippen molar-refractivity contribution in [3.05, 3.63) is 34.5 Å². The van der Waals surface area contributed by atoms with Crippen molar-refractivity contribution in [2.75, 3.05) is 7.11 Å². The van der Waals surface area contributed by atoms with Crippen LogP contribution in [-0.2, 0) is 13.6 Å². The molecule has 4 nitrogen and oxygen atoms in total. The lowest BCUT2D eigenvalue weighted by Crippen LogP contribution is -1.99. The van der Waals surface area contributed by atoms with Gasteiger partial charge in [-0.1, -0.05) is 0 Å². The van der Waals surface area contributed by atoms with Crippen LogP contribution >= 0.6 is 0 Å². The van der Waals surface area contributed by atoms with E-state index in [1.165, 1.54) is 11.1 Å². The van der Waals surface area contributed by atoms with Crippen LogP contribution in [0.15, 0.2) is 12.1 Å². The molecule has 0 saturated carbocycles. The van der Waals surface area contributed by atoms with Gasteiger partial charge < -0.3 is 10.5 Å². The van der Waals surface area contributed by atoms with E-state index < -0.39 is 0 Å². The largest absolute Gasteiger partial charge is 0.496 e. The Bertz CT molecular complexity index is 614. The van der Waals surface area contributed by atoms with E-state index in [4.69, 9.17) is 10.5 Å². The highest BCUT2D eigenvalue weighted by Crippen LogP contribution is 2.33. The molecule has 1 aromatic heterocycles. The van der Waals surface area contributed by atoms with Crippen LogP contribution in [0, 0.1) is 20.8 Å². The lowest BCUT2D eigenvalue weighted by atomic mass is 9.97. The Balaban J connectivity index is 2.66. The Morgan fingerprint density at radius 2 is 1.84 bits per heavy atom. The standard InChI is InChI=1S/C15H21N3O/c1-9-10(2)14(19-5)7-6-12(9)15-11(3)13(8-16)17-18(15)4/h6-7H,8,16H2,1-5H3. The summed E-state index contributed by atoms with van der Waals surface area (Å²) in [5.41, 5.74) is 12.5. The first kappa shape index (κ1) is 13.6. The molecule has 0 aliphatic carbocycles. The number of methoxy groups -OCH3 is 1. The van der Waals surface area contributed by atoms with Gasteiger partial charge in [-0.15, -0.1) is 0 Å². The van der Waals surface area contributed by atoms with E-state index >= 15 is 0 Å². The van der Waals surface area contributed by atoms with Crippen molar-refractivity contribution >= 4 is 0 Å². The summed E-state index contributed by atoms with van der Waals surface area (Å²) in [6.07, 6.45) is 0. The van der Waals surface area contributed by atoms with Crippen LogP contribution in [0.1, 0.15) is 22.4 Å². The summed E-state index contributed by atoms with van der Waals surface area (Å²) in [7, 11) is 3.66. The molecule has 0 fully saturated rings. The van der Waals surface area contributed by atoms with Crippen molar-refractivity contribution < 1.29 is 4.74 Å². The van der Waals surface area contributed by atoms with Gasteiger partial charge in [0.05, 0.1) is 18.5 Å². The molecule has 0 atom stereocenters. The number of ether oxygens (including phenoxy) is 1. The van der Waals surface area contributed by atoms with Crippen LogP contribution in [0.25, 0.3) is 11.3 Å². The Labute approximate surface area is 114 Å². The number of benzene rings is 1. The van der Waals surface area contributed by atoms with Crippen molar-refractivity contribution in [1.29, 1.82) is 0 Å². The molecule has 2 aromatic rings. The van der Waals surface area contributed by atoms with Crippen LogP contribution in [0.2, 0.25) is 0 Å². The average Bonchev–Trinajstić information content (AvgIpc) is 2.68. The third-order valence-corrected chi connectivity index (χ3v) is 3.79. The van der Waals surface area contributed by atoms with Gasteiger partial charge in [-0.25, -0.2) is 0 Å². The van der Waals surface area contributed by atoms with Gasteiger partial charge in [0.1, 0.15) is 5.75 Å². The van der Waals surface area contributed by atoms with E-state index in [0.29, 0.717) is 6.54 Å². The number of hydrogen-bond acceptors (Lipinski definition) is 3. The molecular formula is C15H21N3O. The van der Waals surface area contributed by atoms with E-state index in [0.717, 1.165) is 28.3 Å². The molecule has 2 rings (SSSR count). The first-order valence-corrected chi connectivity index (χ1v) is 6.38. The predicted octanol–water partition coefficient (Wildman–Crippen LogP) is 2.48. The second-order valence-corrected chi connectivity index (χ2v) is 4.81. The molecule has 0 radical (unpaired) electrons. The van der Waals surface area contributed by atoms with Gasteiger partial charge in [0, 0.05) is 19.2 Å².